The molecule has 0 aromatic heterocycles. The molecular weight excluding hydrogens is 456 g/mol. The Hall–Kier alpha value is -4.00. The Kier molecular flexibility index (Phi) is 7.48. The number of carboxylic acids is 1. The fraction of sp³-hybridized carbons (Fsp3) is 0.310. The SMILES string of the molecule is CCc1ccc(CC(=O)O)cc1NC(=O)c1cc(C)c(OC[C@@H]2CN(C)c3ccccc3O2)cc1C. The van der Waals surface area contributed by atoms with Crippen LogP contribution in [0.3, 0.4) is 0 Å². The summed E-state index contributed by atoms with van der Waals surface area (Å²) >= 11 is 0. The minimum Gasteiger partial charge on any atom is -0.489 e. The third-order valence-electron chi connectivity index (χ3n) is 6.40. The molecule has 7 nitrogen and oxygen atoms in total. The number of carbonyl (C=O) groups excluding carboxylic acids is 1. The molecule has 1 heterocycles. The maximum atomic E-state index is 13.2. The molecule has 2 N–H and O–H groups in total. The van der Waals surface area contributed by atoms with E-state index in [1.807, 2.05) is 70.3 Å². The summed E-state index contributed by atoms with van der Waals surface area (Å²) in [7, 11) is 2.04. The molecule has 0 aliphatic carbocycles. The molecule has 1 atom stereocenters. The molecular formula is C29H32N2O5. The predicted molar refractivity (Wildman–Crippen MR) is 141 cm³/mol. The molecule has 1 aliphatic rings. The summed E-state index contributed by atoms with van der Waals surface area (Å²) in [5.74, 6) is 0.414. The zero-order chi connectivity index (χ0) is 25.8. The number of amides is 1. The molecule has 0 radical (unpaired) electrons. The van der Waals surface area contributed by atoms with Crippen LogP contribution in [0.4, 0.5) is 11.4 Å². The van der Waals surface area contributed by atoms with Gasteiger partial charge in [0.2, 0.25) is 0 Å². The van der Waals surface area contributed by atoms with Crippen molar-refractivity contribution in [3.8, 4) is 11.5 Å². The van der Waals surface area contributed by atoms with E-state index in [9.17, 15) is 9.59 Å². The van der Waals surface area contributed by atoms with E-state index in [-0.39, 0.29) is 18.4 Å². The average Bonchev–Trinajstić information content (AvgIpc) is 2.84. The van der Waals surface area contributed by atoms with Crippen molar-refractivity contribution in [2.24, 2.45) is 0 Å². The predicted octanol–water partition coefficient (Wildman–Crippen LogP) is 5.02. The molecule has 7 heteroatoms. The van der Waals surface area contributed by atoms with E-state index in [2.05, 4.69) is 10.2 Å². The number of nitrogens with zero attached hydrogens (tertiary/aromatic N) is 1. The minimum atomic E-state index is -0.909. The quantitative estimate of drug-likeness (QED) is 0.463. The first-order chi connectivity index (χ1) is 17.2. The zero-order valence-corrected chi connectivity index (χ0v) is 21.1. The van der Waals surface area contributed by atoms with Crippen LogP contribution in [-0.2, 0) is 17.6 Å². The van der Waals surface area contributed by atoms with Crippen molar-refractivity contribution in [3.63, 3.8) is 0 Å². The van der Waals surface area contributed by atoms with Crippen molar-refractivity contribution >= 4 is 23.3 Å². The van der Waals surface area contributed by atoms with Crippen LogP contribution in [0, 0.1) is 13.8 Å². The fourth-order valence-corrected chi connectivity index (χ4v) is 4.47. The first kappa shape index (κ1) is 25.1. The molecule has 0 bridgehead atoms. The van der Waals surface area contributed by atoms with Gasteiger partial charge in [0, 0.05) is 18.3 Å². The third-order valence-corrected chi connectivity index (χ3v) is 6.40. The average molecular weight is 489 g/mol. The number of ether oxygens (including phenoxy) is 2. The Bertz CT molecular complexity index is 1290. The summed E-state index contributed by atoms with van der Waals surface area (Å²) in [5.41, 5.74) is 5.49. The first-order valence-corrected chi connectivity index (χ1v) is 12.1. The molecule has 1 amide bonds. The summed E-state index contributed by atoms with van der Waals surface area (Å²) in [4.78, 5) is 26.4. The Morgan fingerprint density at radius 2 is 1.89 bits per heavy atom. The highest BCUT2D eigenvalue weighted by atomic mass is 16.5. The van der Waals surface area contributed by atoms with Crippen LogP contribution in [0.5, 0.6) is 11.5 Å². The summed E-state index contributed by atoms with van der Waals surface area (Å²) in [6.07, 6.45) is 0.512. The molecule has 3 aromatic carbocycles. The highest BCUT2D eigenvalue weighted by molar-refractivity contribution is 6.06. The molecule has 0 fully saturated rings. The standard InChI is InChI=1S/C29H32N2O5/c1-5-21-11-10-20(15-28(32)33)14-24(21)30-29(34)23-12-19(3)27(13-18(23)2)35-17-22-16-31(4)25-8-6-7-9-26(25)36-22/h6-14,22H,5,15-17H2,1-4H3,(H,30,34)(H,32,33)/t22-/m0/s1. The lowest BCUT2D eigenvalue weighted by molar-refractivity contribution is -0.136. The van der Waals surface area contributed by atoms with Gasteiger partial charge in [0.05, 0.1) is 18.7 Å². The Morgan fingerprint density at radius 1 is 1.11 bits per heavy atom. The van der Waals surface area contributed by atoms with Crippen LogP contribution in [-0.4, -0.2) is 43.3 Å². The van der Waals surface area contributed by atoms with E-state index in [4.69, 9.17) is 14.6 Å². The van der Waals surface area contributed by atoms with Gasteiger partial charge >= 0.3 is 5.97 Å². The number of carboxylic acid groups (broad SMARTS) is 1. The number of hydrogen-bond acceptors (Lipinski definition) is 5. The van der Waals surface area contributed by atoms with Gasteiger partial charge in [0.1, 0.15) is 24.2 Å². The van der Waals surface area contributed by atoms with Gasteiger partial charge in [0.25, 0.3) is 5.91 Å². The summed E-state index contributed by atoms with van der Waals surface area (Å²) < 4.78 is 12.2. The molecule has 36 heavy (non-hydrogen) atoms. The monoisotopic (exact) mass is 488 g/mol. The topological polar surface area (TPSA) is 88.1 Å². The van der Waals surface area contributed by atoms with E-state index in [1.54, 1.807) is 12.1 Å². The van der Waals surface area contributed by atoms with E-state index >= 15 is 0 Å². The van der Waals surface area contributed by atoms with Crippen molar-refractivity contribution in [1.29, 1.82) is 0 Å². The summed E-state index contributed by atoms with van der Waals surface area (Å²) in [6.45, 7) is 6.90. The Balaban J connectivity index is 1.46. The zero-order valence-electron chi connectivity index (χ0n) is 21.1. The highest BCUT2D eigenvalue weighted by Gasteiger charge is 2.24. The number of para-hydroxylation sites is 2. The second-order valence-corrected chi connectivity index (χ2v) is 9.20. The van der Waals surface area contributed by atoms with Crippen LogP contribution in [0.15, 0.2) is 54.6 Å². The van der Waals surface area contributed by atoms with E-state index in [1.165, 1.54) is 0 Å². The Morgan fingerprint density at radius 3 is 2.64 bits per heavy atom. The fourth-order valence-electron chi connectivity index (χ4n) is 4.47. The van der Waals surface area contributed by atoms with Gasteiger partial charge < -0.3 is 24.8 Å². The molecule has 3 aromatic rings. The van der Waals surface area contributed by atoms with Gasteiger partial charge in [-0.25, -0.2) is 0 Å². The summed E-state index contributed by atoms with van der Waals surface area (Å²) in [5, 5.41) is 12.1. The maximum Gasteiger partial charge on any atom is 0.307 e. The first-order valence-electron chi connectivity index (χ1n) is 12.1. The number of anilines is 2. The van der Waals surface area contributed by atoms with Crippen molar-refractivity contribution < 1.29 is 24.2 Å². The normalized spacial score (nSPS) is 14.6. The van der Waals surface area contributed by atoms with E-state index in [0.717, 1.165) is 41.1 Å². The molecule has 188 valence electrons. The molecule has 0 spiro atoms. The number of fused-ring (bicyclic) bond motifs is 1. The van der Waals surface area contributed by atoms with Gasteiger partial charge in [-0.15, -0.1) is 0 Å². The van der Waals surface area contributed by atoms with E-state index in [0.29, 0.717) is 29.2 Å². The number of benzene rings is 3. The lowest BCUT2D eigenvalue weighted by Gasteiger charge is -2.33. The van der Waals surface area contributed by atoms with Crippen LogP contribution in [0.1, 0.15) is 39.5 Å². The molecule has 0 saturated carbocycles. The number of hydrogen-bond donors (Lipinski definition) is 2. The summed E-state index contributed by atoms with van der Waals surface area (Å²) in [6, 6.07) is 17.1. The van der Waals surface area contributed by atoms with Crippen LogP contribution in [0.25, 0.3) is 0 Å². The number of aliphatic carboxylic acids is 1. The van der Waals surface area contributed by atoms with Crippen molar-refractivity contribution in [3.05, 3.63) is 82.4 Å². The van der Waals surface area contributed by atoms with Crippen molar-refractivity contribution in [1.82, 2.24) is 0 Å². The molecule has 1 aliphatic heterocycles. The van der Waals surface area contributed by atoms with Crippen molar-refractivity contribution in [2.75, 3.05) is 30.4 Å². The van der Waals surface area contributed by atoms with Gasteiger partial charge in [-0.05, 0) is 72.9 Å². The second-order valence-electron chi connectivity index (χ2n) is 9.20. The second kappa shape index (κ2) is 10.7. The highest BCUT2D eigenvalue weighted by Crippen LogP contribution is 2.32. The number of likely N-dealkylation sites (N-methyl/N-ethyl adjacent to an activating group) is 1. The lowest BCUT2D eigenvalue weighted by atomic mass is 10.0. The van der Waals surface area contributed by atoms with Gasteiger partial charge in [-0.3, -0.25) is 9.59 Å². The van der Waals surface area contributed by atoms with Gasteiger partial charge in [0.15, 0.2) is 0 Å². The third kappa shape index (κ3) is 5.62. The minimum absolute atomic E-state index is 0.0941. The van der Waals surface area contributed by atoms with Crippen LogP contribution < -0.4 is 19.7 Å². The largest absolute Gasteiger partial charge is 0.489 e. The number of rotatable bonds is 8. The Labute approximate surface area is 211 Å². The van der Waals surface area contributed by atoms with Gasteiger partial charge in [-0.2, -0.15) is 0 Å². The number of nitrogens with one attached hydrogen (secondary N) is 1. The maximum absolute atomic E-state index is 13.2. The molecule has 0 unspecified atom stereocenters. The number of carbonyl (C=O) groups is 2. The van der Waals surface area contributed by atoms with Gasteiger partial charge in [-0.1, -0.05) is 31.2 Å². The van der Waals surface area contributed by atoms with Crippen LogP contribution >= 0.6 is 0 Å². The number of aryl methyl sites for hydroxylation is 3. The molecule has 4 rings (SSSR count). The van der Waals surface area contributed by atoms with Crippen molar-refractivity contribution in [2.45, 2.75) is 39.7 Å². The van der Waals surface area contributed by atoms with E-state index < -0.39 is 5.97 Å². The lowest BCUT2D eigenvalue weighted by Crippen LogP contribution is -2.41. The smallest absolute Gasteiger partial charge is 0.307 e. The molecule has 0 saturated heterocycles. The van der Waals surface area contributed by atoms with Crippen LogP contribution in [0.2, 0.25) is 0 Å².